The zero-order chi connectivity index (χ0) is 12.2. The van der Waals surface area contributed by atoms with Gasteiger partial charge in [0, 0.05) is 6.54 Å². The first-order chi connectivity index (χ1) is 7.43. The van der Waals surface area contributed by atoms with Crippen molar-refractivity contribution in [2.45, 2.75) is 46.1 Å². The molecule has 0 bridgehead atoms. The van der Waals surface area contributed by atoms with Gasteiger partial charge in [-0.15, -0.1) is 0 Å². The lowest BCUT2D eigenvalue weighted by molar-refractivity contribution is 0.111. The molecule has 1 aliphatic rings. The van der Waals surface area contributed by atoms with E-state index in [1.165, 1.54) is 25.9 Å². The summed E-state index contributed by atoms with van der Waals surface area (Å²) >= 11 is 0. The maximum Gasteiger partial charge on any atom is 0.0940 e. The van der Waals surface area contributed by atoms with Crippen LogP contribution in [0.4, 0.5) is 0 Å². The van der Waals surface area contributed by atoms with Crippen LogP contribution in [0.25, 0.3) is 0 Å². The predicted molar refractivity (Wildman–Crippen MR) is 66.8 cm³/mol. The van der Waals surface area contributed by atoms with Gasteiger partial charge in [-0.1, -0.05) is 20.8 Å². The van der Waals surface area contributed by atoms with Gasteiger partial charge < -0.3 is 10.6 Å². The monoisotopic (exact) mass is 223 g/mol. The van der Waals surface area contributed by atoms with Crippen LogP contribution in [0.5, 0.6) is 0 Å². The minimum atomic E-state index is -0.291. The molecular formula is C13H25N3. The van der Waals surface area contributed by atoms with Crippen LogP contribution in [0.3, 0.4) is 0 Å². The van der Waals surface area contributed by atoms with Gasteiger partial charge in [-0.3, -0.25) is 0 Å². The van der Waals surface area contributed by atoms with Crippen molar-refractivity contribution >= 4 is 0 Å². The Morgan fingerprint density at radius 2 is 1.94 bits per heavy atom. The zero-order valence-corrected chi connectivity index (χ0v) is 10.9. The van der Waals surface area contributed by atoms with E-state index in [0.29, 0.717) is 5.41 Å². The average molecular weight is 223 g/mol. The molecule has 0 spiro atoms. The highest BCUT2D eigenvalue weighted by atomic mass is 15.1. The summed E-state index contributed by atoms with van der Waals surface area (Å²) in [4.78, 5) is 2.44. The molecule has 1 atom stereocenters. The Hall–Kier alpha value is -0.590. The van der Waals surface area contributed by atoms with Crippen molar-refractivity contribution in [2.75, 3.05) is 19.6 Å². The van der Waals surface area contributed by atoms with Gasteiger partial charge in [0.2, 0.25) is 0 Å². The second-order valence-electron chi connectivity index (χ2n) is 6.01. The molecule has 3 heteroatoms. The third-order valence-corrected chi connectivity index (χ3v) is 3.73. The Labute approximate surface area is 99.6 Å². The van der Waals surface area contributed by atoms with Crippen LogP contribution >= 0.6 is 0 Å². The molecule has 1 saturated heterocycles. The lowest BCUT2D eigenvalue weighted by Gasteiger charge is -2.38. The summed E-state index contributed by atoms with van der Waals surface area (Å²) in [5.41, 5.74) is 6.04. The van der Waals surface area contributed by atoms with E-state index in [1.54, 1.807) is 0 Å². The summed E-state index contributed by atoms with van der Waals surface area (Å²) in [5.74, 6) is 0.841. The van der Waals surface area contributed by atoms with E-state index in [1.807, 2.05) is 0 Å². The minimum Gasteiger partial charge on any atom is -0.316 e. The fraction of sp³-hybridized carbons (Fsp3) is 0.923. The van der Waals surface area contributed by atoms with Gasteiger partial charge in [-0.2, -0.15) is 5.26 Å². The van der Waals surface area contributed by atoms with E-state index in [2.05, 4.69) is 31.7 Å². The van der Waals surface area contributed by atoms with Crippen LogP contribution < -0.4 is 5.73 Å². The van der Waals surface area contributed by atoms with Gasteiger partial charge in [-0.25, -0.2) is 0 Å². The third kappa shape index (κ3) is 4.11. The maximum absolute atomic E-state index is 8.62. The zero-order valence-electron chi connectivity index (χ0n) is 10.9. The lowest BCUT2D eigenvalue weighted by Crippen LogP contribution is -2.39. The molecule has 0 aliphatic carbocycles. The summed E-state index contributed by atoms with van der Waals surface area (Å²) in [6.45, 7) is 10.3. The molecule has 16 heavy (non-hydrogen) atoms. The molecule has 1 unspecified atom stereocenters. The Bertz CT molecular complexity index is 241. The van der Waals surface area contributed by atoms with E-state index in [4.69, 9.17) is 11.0 Å². The maximum atomic E-state index is 8.62. The summed E-state index contributed by atoms with van der Waals surface area (Å²) in [7, 11) is 0. The second-order valence-corrected chi connectivity index (χ2v) is 6.01. The van der Waals surface area contributed by atoms with E-state index in [0.717, 1.165) is 18.9 Å². The van der Waals surface area contributed by atoms with Crippen LogP contribution in [0.2, 0.25) is 0 Å². The number of piperidine rings is 1. The standard InChI is InChI=1S/C13H25N3/c1-13(2,3)11-4-7-16(8-5-11)9-6-12(15)10-14/h11-12H,4-9,15H2,1-3H3. The number of nitriles is 1. The number of hydrogen-bond donors (Lipinski definition) is 1. The van der Waals surface area contributed by atoms with Crippen LogP contribution in [0.15, 0.2) is 0 Å². The molecule has 0 amide bonds. The summed E-state index contributed by atoms with van der Waals surface area (Å²) in [6, 6.07) is 1.80. The molecule has 1 heterocycles. The number of nitrogens with zero attached hydrogens (tertiary/aromatic N) is 2. The molecule has 0 aromatic carbocycles. The summed E-state index contributed by atoms with van der Waals surface area (Å²) in [6.07, 6.45) is 3.37. The van der Waals surface area contributed by atoms with Gasteiger partial charge in [0.05, 0.1) is 12.1 Å². The number of likely N-dealkylation sites (tertiary alicyclic amines) is 1. The number of hydrogen-bond acceptors (Lipinski definition) is 3. The lowest BCUT2D eigenvalue weighted by atomic mass is 9.75. The molecule has 2 N–H and O–H groups in total. The molecule has 0 aromatic heterocycles. The fourth-order valence-corrected chi connectivity index (χ4v) is 2.41. The molecule has 1 rings (SSSR count). The molecule has 3 nitrogen and oxygen atoms in total. The topological polar surface area (TPSA) is 53.0 Å². The normalized spacial score (nSPS) is 21.7. The van der Waals surface area contributed by atoms with E-state index in [-0.39, 0.29) is 6.04 Å². The summed E-state index contributed by atoms with van der Waals surface area (Å²) < 4.78 is 0. The van der Waals surface area contributed by atoms with Crippen LogP contribution in [-0.2, 0) is 0 Å². The first-order valence-electron chi connectivity index (χ1n) is 6.31. The van der Waals surface area contributed by atoms with Crippen molar-refractivity contribution in [2.24, 2.45) is 17.1 Å². The Morgan fingerprint density at radius 1 is 1.38 bits per heavy atom. The molecule has 92 valence electrons. The first-order valence-corrected chi connectivity index (χ1v) is 6.31. The molecule has 1 aliphatic heterocycles. The SMILES string of the molecule is CC(C)(C)C1CCN(CCC(N)C#N)CC1. The predicted octanol–water partition coefficient (Wildman–Crippen LogP) is 1.99. The van der Waals surface area contributed by atoms with Crippen LogP contribution in [0, 0.1) is 22.7 Å². The molecule has 0 aromatic rings. The highest BCUT2D eigenvalue weighted by molar-refractivity contribution is 4.88. The van der Waals surface area contributed by atoms with Crippen molar-refractivity contribution in [1.29, 1.82) is 5.26 Å². The minimum absolute atomic E-state index is 0.291. The van der Waals surface area contributed by atoms with Gasteiger partial charge in [0.15, 0.2) is 0 Å². The fourth-order valence-electron chi connectivity index (χ4n) is 2.41. The van der Waals surface area contributed by atoms with E-state index >= 15 is 0 Å². The van der Waals surface area contributed by atoms with Crippen molar-refractivity contribution in [3.8, 4) is 6.07 Å². The van der Waals surface area contributed by atoms with Gasteiger partial charge in [0.25, 0.3) is 0 Å². The van der Waals surface area contributed by atoms with Crippen molar-refractivity contribution in [3.63, 3.8) is 0 Å². The van der Waals surface area contributed by atoms with Gasteiger partial charge >= 0.3 is 0 Å². The van der Waals surface area contributed by atoms with Gasteiger partial charge in [0.1, 0.15) is 0 Å². The van der Waals surface area contributed by atoms with Crippen LogP contribution in [-0.4, -0.2) is 30.6 Å². The first kappa shape index (κ1) is 13.5. The molecule has 0 radical (unpaired) electrons. The van der Waals surface area contributed by atoms with Crippen molar-refractivity contribution < 1.29 is 0 Å². The van der Waals surface area contributed by atoms with Crippen molar-refractivity contribution in [3.05, 3.63) is 0 Å². The largest absolute Gasteiger partial charge is 0.316 e. The smallest absolute Gasteiger partial charge is 0.0940 e. The van der Waals surface area contributed by atoms with Gasteiger partial charge in [-0.05, 0) is 43.7 Å². The highest BCUT2D eigenvalue weighted by Crippen LogP contribution is 2.34. The molecule has 0 saturated carbocycles. The van der Waals surface area contributed by atoms with Crippen LogP contribution in [0.1, 0.15) is 40.0 Å². The Balaban J connectivity index is 2.25. The second kappa shape index (κ2) is 5.65. The number of rotatable bonds is 3. The Morgan fingerprint density at radius 3 is 2.38 bits per heavy atom. The third-order valence-electron chi connectivity index (χ3n) is 3.73. The highest BCUT2D eigenvalue weighted by Gasteiger charge is 2.28. The summed E-state index contributed by atoms with van der Waals surface area (Å²) in [5, 5.41) is 8.62. The number of nitrogens with two attached hydrogens (primary N) is 1. The van der Waals surface area contributed by atoms with E-state index < -0.39 is 0 Å². The van der Waals surface area contributed by atoms with Crippen molar-refractivity contribution in [1.82, 2.24) is 4.90 Å². The quantitative estimate of drug-likeness (QED) is 0.796. The Kier molecular flexibility index (Phi) is 4.76. The van der Waals surface area contributed by atoms with E-state index in [9.17, 15) is 0 Å². The molecule has 1 fully saturated rings. The average Bonchev–Trinajstić information content (AvgIpc) is 2.25. The molecular weight excluding hydrogens is 198 g/mol.